The van der Waals surface area contributed by atoms with Gasteiger partial charge in [0.05, 0.1) is 23.2 Å². The third kappa shape index (κ3) is 6.04. The average Bonchev–Trinajstić information content (AvgIpc) is 3.14. The number of carbonyl (C=O) groups excluding carboxylic acids is 1. The second kappa shape index (κ2) is 9.95. The zero-order valence-electron chi connectivity index (χ0n) is 17.0. The molecule has 0 fully saturated rings. The highest BCUT2D eigenvalue weighted by molar-refractivity contribution is 7.92. The van der Waals surface area contributed by atoms with Gasteiger partial charge in [-0.15, -0.1) is 0 Å². The number of amides is 1. The maximum absolute atomic E-state index is 12.3. The molecule has 2 aromatic carbocycles. The third-order valence-corrected chi connectivity index (χ3v) is 6.23. The summed E-state index contributed by atoms with van der Waals surface area (Å²) in [6.45, 7) is 1.25. The summed E-state index contributed by atoms with van der Waals surface area (Å²) in [6.07, 6.45) is 2.31. The van der Waals surface area contributed by atoms with E-state index in [9.17, 15) is 13.2 Å². The van der Waals surface area contributed by atoms with Gasteiger partial charge in [0.1, 0.15) is 18.1 Å². The van der Waals surface area contributed by atoms with Crippen LogP contribution in [-0.2, 0) is 14.8 Å². The SMILES string of the molecule is Cc1cc(Cl)ccc1N(CC(=O)N/N=C\c1ccc(-c2ccc(Cl)cc2Cl)o1)S(C)(=O)=O. The Kier molecular flexibility index (Phi) is 7.51. The van der Waals surface area contributed by atoms with E-state index in [2.05, 4.69) is 10.5 Å². The molecule has 0 unspecified atom stereocenters. The summed E-state index contributed by atoms with van der Waals surface area (Å²) in [7, 11) is -3.72. The molecule has 1 heterocycles. The second-order valence-corrected chi connectivity index (χ2v) is 10.0. The molecule has 0 aliphatic rings. The standard InChI is InChI=1S/C21H18Cl3N3O4S/c1-13-9-14(22)4-7-19(13)27(32(2,29)30)12-21(28)26-25-11-16-5-8-20(31-16)17-6-3-15(23)10-18(17)24/h3-11H,12H2,1-2H3,(H,26,28)/b25-11-. The monoisotopic (exact) mass is 513 g/mol. The largest absolute Gasteiger partial charge is 0.455 e. The van der Waals surface area contributed by atoms with Gasteiger partial charge in [-0.05, 0) is 61.0 Å². The lowest BCUT2D eigenvalue weighted by Gasteiger charge is -2.23. The van der Waals surface area contributed by atoms with Gasteiger partial charge >= 0.3 is 0 Å². The van der Waals surface area contributed by atoms with E-state index in [0.29, 0.717) is 43.4 Å². The van der Waals surface area contributed by atoms with Crippen molar-refractivity contribution in [3.8, 4) is 11.3 Å². The number of carbonyl (C=O) groups is 1. The molecule has 0 bridgehead atoms. The van der Waals surface area contributed by atoms with Crippen molar-refractivity contribution in [1.29, 1.82) is 0 Å². The van der Waals surface area contributed by atoms with E-state index < -0.39 is 22.5 Å². The fourth-order valence-electron chi connectivity index (χ4n) is 2.87. The van der Waals surface area contributed by atoms with Crippen LogP contribution < -0.4 is 9.73 Å². The Morgan fingerprint density at radius 1 is 1.09 bits per heavy atom. The van der Waals surface area contributed by atoms with Crippen LogP contribution in [0.2, 0.25) is 15.1 Å². The van der Waals surface area contributed by atoms with Crippen molar-refractivity contribution in [3.05, 3.63) is 74.9 Å². The summed E-state index contributed by atoms with van der Waals surface area (Å²) in [4.78, 5) is 12.3. The average molecular weight is 515 g/mol. The quantitative estimate of drug-likeness (QED) is 0.349. The Labute approximate surface area is 200 Å². The van der Waals surface area contributed by atoms with Gasteiger partial charge in [-0.2, -0.15) is 5.10 Å². The maximum atomic E-state index is 12.3. The minimum Gasteiger partial charge on any atom is -0.455 e. The number of furan rings is 1. The molecule has 11 heteroatoms. The number of hydrogen-bond donors (Lipinski definition) is 1. The summed E-state index contributed by atoms with van der Waals surface area (Å²) in [5.41, 5.74) is 3.92. The molecule has 0 spiro atoms. The van der Waals surface area contributed by atoms with Gasteiger partial charge in [0.25, 0.3) is 5.91 Å². The van der Waals surface area contributed by atoms with Gasteiger partial charge in [0.2, 0.25) is 10.0 Å². The molecule has 0 saturated carbocycles. The highest BCUT2D eigenvalue weighted by Crippen LogP contribution is 2.31. The highest BCUT2D eigenvalue weighted by Gasteiger charge is 2.22. The molecule has 0 saturated heterocycles. The van der Waals surface area contributed by atoms with Crippen molar-refractivity contribution in [2.24, 2.45) is 5.10 Å². The summed E-state index contributed by atoms with van der Waals surface area (Å²) in [6, 6.07) is 13.1. The number of hydrazone groups is 1. The topological polar surface area (TPSA) is 92.0 Å². The first-order chi connectivity index (χ1) is 15.0. The predicted octanol–water partition coefficient (Wildman–Crippen LogP) is 5.13. The molecule has 1 N–H and O–H groups in total. The molecule has 3 aromatic rings. The van der Waals surface area contributed by atoms with E-state index in [4.69, 9.17) is 39.2 Å². The van der Waals surface area contributed by atoms with E-state index in [0.717, 1.165) is 10.6 Å². The molecule has 0 radical (unpaired) electrons. The molecule has 7 nitrogen and oxygen atoms in total. The number of rotatable bonds is 7. The zero-order chi connectivity index (χ0) is 23.5. The van der Waals surface area contributed by atoms with Crippen LogP contribution in [0.5, 0.6) is 0 Å². The number of nitrogens with one attached hydrogen (secondary N) is 1. The summed E-state index contributed by atoms with van der Waals surface area (Å²) >= 11 is 18.0. The summed E-state index contributed by atoms with van der Waals surface area (Å²) in [5, 5.41) is 5.24. The Morgan fingerprint density at radius 2 is 1.78 bits per heavy atom. The van der Waals surface area contributed by atoms with Gasteiger partial charge in [-0.25, -0.2) is 13.8 Å². The van der Waals surface area contributed by atoms with E-state index in [1.807, 2.05) is 0 Å². The van der Waals surface area contributed by atoms with Crippen LogP contribution in [0.15, 0.2) is 58.0 Å². The molecule has 168 valence electrons. The number of hydrogen-bond acceptors (Lipinski definition) is 5. The van der Waals surface area contributed by atoms with Crippen molar-refractivity contribution in [2.45, 2.75) is 6.92 Å². The fourth-order valence-corrected chi connectivity index (χ4v) is 4.51. The first-order valence-corrected chi connectivity index (χ1v) is 12.1. The predicted molar refractivity (Wildman–Crippen MR) is 128 cm³/mol. The highest BCUT2D eigenvalue weighted by atomic mass is 35.5. The van der Waals surface area contributed by atoms with Gasteiger partial charge in [0, 0.05) is 15.6 Å². The number of aryl methyl sites for hydroxylation is 1. The lowest BCUT2D eigenvalue weighted by atomic mass is 10.2. The van der Waals surface area contributed by atoms with Gasteiger partial charge < -0.3 is 4.42 Å². The maximum Gasteiger partial charge on any atom is 0.260 e. The first-order valence-electron chi connectivity index (χ1n) is 9.15. The minimum absolute atomic E-state index is 0.353. The minimum atomic E-state index is -3.72. The molecule has 1 amide bonds. The number of nitrogens with zero attached hydrogens (tertiary/aromatic N) is 2. The van der Waals surface area contributed by atoms with Crippen LogP contribution in [0, 0.1) is 6.92 Å². The molecule has 3 rings (SSSR count). The Bertz CT molecular complexity index is 1290. The molecular weight excluding hydrogens is 497 g/mol. The van der Waals surface area contributed by atoms with Gasteiger partial charge in [0.15, 0.2) is 0 Å². The van der Waals surface area contributed by atoms with Crippen LogP contribution in [-0.4, -0.2) is 33.3 Å². The molecule has 0 aliphatic carbocycles. The van der Waals surface area contributed by atoms with E-state index in [-0.39, 0.29) is 0 Å². The van der Waals surface area contributed by atoms with Gasteiger partial charge in [-0.3, -0.25) is 9.10 Å². The summed E-state index contributed by atoms with van der Waals surface area (Å²) in [5.74, 6) is 0.231. The normalized spacial score (nSPS) is 11.7. The lowest BCUT2D eigenvalue weighted by molar-refractivity contribution is -0.119. The fraction of sp³-hybridized carbons (Fsp3) is 0.143. The molecule has 0 aliphatic heterocycles. The number of anilines is 1. The van der Waals surface area contributed by atoms with Crippen LogP contribution in [0.4, 0.5) is 5.69 Å². The van der Waals surface area contributed by atoms with E-state index in [1.165, 1.54) is 6.21 Å². The van der Waals surface area contributed by atoms with Crippen molar-refractivity contribution in [3.63, 3.8) is 0 Å². The van der Waals surface area contributed by atoms with Crippen molar-refractivity contribution >= 4 is 62.6 Å². The van der Waals surface area contributed by atoms with E-state index >= 15 is 0 Å². The molecule has 32 heavy (non-hydrogen) atoms. The van der Waals surface area contributed by atoms with Gasteiger partial charge in [-0.1, -0.05) is 34.8 Å². The third-order valence-electron chi connectivity index (χ3n) is 4.32. The second-order valence-electron chi connectivity index (χ2n) is 6.82. The number of halogens is 3. The smallest absolute Gasteiger partial charge is 0.260 e. The van der Waals surface area contributed by atoms with Crippen molar-refractivity contribution in [1.82, 2.24) is 5.43 Å². The molecule has 0 atom stereocenters. The van der Waals surface area contributed by atoms with Crippen LogP contribution in [0.3, 0.4) is 0 Å². The lowest BCUT2D eigenvalue weighted by Crippen LogP contribution is -2.39. The molecular formula is C21H18Cl3N3O4S. The number of sulfonamides is 1. The first kappa shape index (κ1) is 24.1. The Hall–Kier alpha value is -2.52. The molecule has 1 aromatic heterocycles. The van der Waals surface area contributed by atoms with E-state index in [1.54, 1.807) is 55.5 Å². The Morgan fingerprint density at radius 3 is 2.44 bits per heavy atom. The summed E-state index contributed by atoms with van der Waals surface area (Å²) < 4.78 is 31.1. The van der Waals surface area contributed by atoms with Crippen LogP contribution in [0.1, 0.15) is 11.3 Å². The van der Waals surface area contributed by atoms with Crippen molar-refractivity contribution < 1.29 is 17.6 Å². The van der Waals surface area contributed by atoms with Crippen LogP contribution in [0.25, 0.3) is 11.3 Å². The Balaban J connectivity index is 1.69. The van der Waals surface area contributed by atoms with Crippen molar-refractivity contribution in [2.75, 3.05) is 17.1 Å². The van der Waals surface area contributed by atoms with Crippen LogP contribution >= 0.6 is 34.8 Å². The zero-order valence-corrected chi connectivity index (χ0v) is 20.1. The number of benzene rings is 2.